The second-order valence-corrected chi connectivity index (χ2v) is 9.79. The highest BCUT2D eigenvalue weighted by molar-refractivity contribution is 6.20. The highest BCUT2D eigenvalue weighted by Crippen LogP contribution is 2.21. The molecule has 0 bridgehead atoms. The Hall–Kier alpha value is -4.86. The zero-order chi connectivity index (χ0) is 30.3. The van der Waals surface area contributed by atoms with Gasteiger partial charge in [0.2, 0.25) is 0 Å². The van der Waals surface area contributed by atoms with Gasteiger partial charge < -0.3 is 16.4 Å². The summed E-state index contributed by atoms with van der Waals surface area (Å²) in [6.07, 6.45) is 1.63. The average Bonchev–Trinajstić information content (AvgIpc) is 3.27. The molecular formula is C31H35F2N7O. The van der Waals surface area contributed by atoms with Crippen LogP contribution < -0.4 is 16.4 Å². The molecule has 0 spiro atoms. The SMILES string of the molecule is C=C(C(=O)NC(C)c1ccc(F)c(F)c1)C(=NCc1ccc(C(=C)C=Nc2n[nH]c(N)c2C)cc1)NC(C)C(=C)C. The largest absolute Gasteiger partial charge is 0.384 e. The Morgan fingerprint density at radius 1 is 1.10 bits per heavy atom. The van der Waals surface area contributed by atoms with Gasteiger partial charge in [0, 0.05) is 17.8 Å². The van der Waals surface area contributed by atoms with Crippen molar-refractivity contribution in [3.63, 3.8) is 0 Å². The minimum Gasteiger partial charge on any atom is -0.384 e. The van der Waals surface area contributed by atoms with Crippen LogP contribution >= 0.6 is 0 Å². The zero-order valence-electron chi connectivity index (χ0n) is 23.7. The number of aromatic nitrogens is 2. The van der Waals surface area contributed by atoms with Crippen LogP contribution in [0.4, 0.5) is 20.4 Å². The van der Waals surface area contributed by atoms with Crippen molar-refractivity contribution in [2.45, 2.75) is 46.3 Å². The Bertz CT molecular complexity index is 1520. The first-order valence-electron chi connectivity index (χ1n) is 12.9. The number of nitrogens with two attached hydrogens (primary N) is 1. The zero-order valence-corrected chi connectivity index (χ0v) is 23.7. The fourth-order valence-corrected chi connectivity index (χ4v) is 3.55. The summed E-state index contributed by atoms with van der Waals surface area (Å²) in [4.78, 5) is 22.0. The van der Waals surface area contributed by atoms with Gasteiger partial charge in [-0.2, -0.15) is 5.10 Å². The number of benzene rings is 2. The molecule has 0 aliphatic rings. The molecule has 10 heteroatoms. The van der Waals surface area contributed by atoms with E-state index in [2.05, 4.69) is 50.6 Å². The van der Waals surface area contributed by atoms with Crippen LogP contribution in [0.25, 0.3) is 5.57 Å². The molecule has 0 radical (unpaired) electrons. The number of amidine groups is 1. The number of H-pyrrole nitrogens is 1. The first kappa shape index (κ1) is 30.7. The topological polar surface area (TPSA) is 121 Å². The van der Waals surface area contributed by atoms with Gasteiger partial charge in [-0.25, -0.2) is 13.8 Å². The van der Waals surface area contributed by atoms with Crippen LogP contribution in [-0.4, -0.2) is 34.2 Å². The normalized spacial score (nSPS) is 13.1. The first-order valence-corrected chi connectivity index (χ1v) is 12.9. The second-order valence-electron chi connectivity index (χ2n) is 9.79. The molecule has 214 valence electrons. The van der Waals surface area contributed by atoms with E-state index in [4.69, 9.17) is 5.73 Å². The lowest BCUT2D eigenvalue weighted by molar-refractivity contribution is -0.117. The number of hydrogen-bond acceptors (Lipinski definition) is 5. The summed E-state index contributed by atoms with van der Waals surface area (Å²) in [5.41, 5.74) is 10.3. The highest BCUT2D eigenvalue weighted by atomic mass is 19.2. The van der Waals surface area contributed by atoms with Gasteiger partial charge in [0.1, 0.15) is 11.7 Å². The van der Waals surface area contributed by atoms with Gasteiger partial charge in [0.15, 0.2) is 17.5 Å². The summed E-state index contributed by atoms with van der Waals surface area (Å²) in [5, 5.41) is 12.7. The lowest BCUT2D eigenvalue weighted by Crippen LogP contribution is -2.39. The molecule has 0 saturated heterocycles. The molecule has 2 aromatic carbocycles. The molecule has 3 rings (SSSR count). The Morgan fingerprint density at radius 3 is 2.37 bits per heavy atom. The summed E-state index contributed by atoms with van der Waals surface area (Å²) in [6, 6.07) is 10.3. The van der Waals surface area contributed by atoms with E-state index >= 15 is 0 Å². The fraction of sp³-hybridized carbons (Fsp3) is 0.226. The maximum atomic E-state index is 13.7. The number of rotatable bonds is 11. The van der Waals surface area contributed by atoms with Gasteiger partial charge in [-0.15, -0.1) is 0 Å². The average molecular weight is 560 g/mol. The number of anilines is 1. The summed E-state index contributed by atoms with van der Waals surface area (Å²) < 4.78 is 27.0. The van der Waals surface area contributed by atoms with Crippen LogP contribution in [-0.2, 0) is 11.3 Å². The molecule has 3 aromatic rings. The number of halogens is 2. The number of aromatic amines is 1. The van der Waals surface area contributed by atoms with E-state index < -0.39 is 23.6 Å². The van der Waals surface area contributed by atoms with Crippen molar-refractivity contribution in [2.75, 3.05) is 5.73 Å². The van der Waals surface area contributed by atoms with Crippen molar-refractivity contribution in [3.05, 3.63) is 107 Å². The molecule has 0 saturated carbocycles. The van der Waals surface area contributed by atoms with Crippen molar-refractivity contribution in [3.8, 4) is 0 Å². The third-order valence-electron chi connectivity index (χ3n) is 6.55. The van der Waals surface area contributed by atoms with Crippen LogP contribution in [0.1, 0.15) is 49.1 Å². The number of nitrogen functional groups attached to an aromatic ring is 1. The molecule has 1 aromatic heterocycles. The van der Waals surface area contributed by atoms with E-state index in [9.17, 15) is 13.6 Å². The smallest absolute Gasteiger partial charge is 0.254 e. The number of nitrogens with one attached hydrogen (secondary N) is 3. The van der Waals surface area contributed by atoms with Crippen molar-refractivity contribution >= 4 is 35.2 Å². The Labute approximate surface area is 238 Å². The van der Waals surface area contributed by atoms with E-state index in [-0.39, 0.29) is 18.2 Å². The van der Waals surface area contributed by atoms with E-state index in [0.29, 0.717) is 28.6 Å². The van der Waals surface area contributed by atoms with Gasteiger partial charge in [-0.05, 0) is 62.1 Å². The maximum Gasteiger partial charge on any atom is 0.254 e. The van der Waals surface area contributed by atoms with Crippen molar-refractivity contribution in [1.82, 2.24) is 20.8 Å². The Morgan fingerprint density at radius 2 is 1.78 bits per heavy atom. The maximum absolute atomic E-state index is 13.7. The lowest BCUT2D eigenvalue weighted by Gasteiger charge is -2.20. The quantitative estimate of drug-likeness (QED) is 0.101. The van der Waals surface area contributed by atoms with Crippen LogP contribution in [0.2, 0.25) is 0 Å². The second kappa shape index (κ2) is 13.5. The number of amides is 1. The summed E-state index contributed by atoms with van der Waals surface area (Å²) in [5.74, 6) is -1.17. The third kappa shape index (κ3) is 8.07. The number of hydrogen-bond donors (Lipinski definition) is 4. The van der Waals surface area contributed by atoms with Gasteiger partial charge in [0.05, 0.1) is 18.2 Å². The van der Waals surface area contributed by atoms with Crippen LogP contribution in [0, 0.1) is 18.6 Å². The molecule has 1 amide bonds. The first-order chi connectivity index (χ1) is 19.4. The monoisotopic (exact) mass is 559 g/mol. The van der Waals surface area contributed by atoms with E-state index in [0.717, 1.165) is 34.4 Å². The molecule has 8 nitrogen and oxygen atoms in total. The van der Waals surface area contributed by atoms with Crippen molar-refractivity contribution in [2.24, 2.45) is 9.98 Å². The molecular weight excluding hydrogens is 524 g/mol. The van der Waals surface area contributed by atoms with Gasteiger partial charge in [-0.1, -0.05) is 55.6 Å². The summed E-state index contributed by atoms with van der Waals surface area (Å²) in [7, 11) is 0. The predicted molar refractivity (Wildman–Crippen MR) is 162 cm³/mol. The number of carbonyl (C=O) groups excluding carboxylic acids is 1. The van der Waals surface area contributed by atoms with Crippen molar-refractivity contribution in [1.29, 1.82) is 0 Å². The lowest BCUT2D eigenvalue weighted by atomic mass is 10.1. The Kier molecular flexibility index (Phi) is 10.1. The summed E-state index contributed by atoms with van der Waals surface area (Å²) in [6.45, 7) is 19.5. The predicted octanol–water partition coefficient (Wildman–Crippen LogP) is 5.88. The third-order valence-corrected chi connectivity index (χ3v) is 6.55. The van der Waals surface area contributed by atoms with Crippen molar-refractivity contribution < 1.29 is 13.6 Å². The van der Waals surface area contributed by atoms with E-state index in [1.54, 1.807) is 13.1 Å². The van der Waals surface area contributed by atoms with Gasteiger partial charge >= 0.3 is 0 Å². The molecule has 2 atom stereocenters. The number of nitrogens with zero attached hydrogens (tertiary/aromatic N) is 3. The molecule has 0 aliphatic carbocycles. The van der Waals surface area contributed by atoms with E-state index in [1.807, 2.05) is 45.0 Å². The molecule has 41 heavy (non-hydrogen) atoms. The number of allylic oxidation sites excluding steroid dienone is 1. The van der Waals surface area contributed by atoms with Crippen LogP contribution in [0.5, 0.6) is 0 Å². The van der Waals surface area contributed by atoms with E-state index in [1.165, 1.54) is 6.07 Å². The van der Waals surface area contributed by atoms with Gasteiger partial charge in [-0.3, -0.25) is 14.9 Å². The standard InChI is InChI=1S/C31H35F2N7O/c1-17(2)21(6)37-29(20(5)31(41)38-22(7)25-12-13-26(32)27(33)14-25)36-16-23-8-10-24(11-9-23)18(3)15-35-30-19(4)28(34)39-40-30/h8-15,21-22H,1,3,5,16H2,2,4,6-7H3,(H,36,37)(H,38,41)(H3,34,39,40). The van der Waals surface area contributed by atoms with Crippen LogP contribution in [0.15, 0.2) is 83.3 Å². The molecule has 5 N–H and O–H groups in total. The summed E-state index contributed by atoms with van der Waals surface area (Å²) >= 11 is 0. The fourth-order valence-electron chi connectivity index (χ4n) is 3.55. The van der Waals surface area contributed by atoms with Crippen LogP contribution in [0.3, 0.4) is 0 Å². The minimum absolute atomic E-state index is 0.100. The highest BCUT2D eigenvalue weighted by Gasteiger charge is 2.19. The molecule has 0 aliphatic heterocycles. The molecule has 1 heterocycles. The number of carbonyl (C=O) groups is 1. The van der Waals surface area contributed by atoms with Gasteiger partial charge in [0.25, 0.3) is 5.91 Å². The molecule has 0 fully saturated rings. The molecule has 2 unspecified atom stereocenters. The number of aliphatic imine (C=N–C) groups is 2. The minimum atomic E-state index is -0.985. The Balaban J connectivity index is 1.72.